The quantitative estimate of drug-likeness (QED) is 0.910. The van der Waals surface area contributed by atoms with Crippen molar-refractivity contribution in [2.45, 2.75) is 36.4 Å². The van der Waals surface area contributed by atoms with Crippen molar-refractivity contribution < 1.29 is 8.42 Å². The Balaban J connectivity index is 2.24. The molecular weight excluding hydrogens is 256 g/mol. The molecule has 1 aliphatic carbocycles. The molecule has 1 aliphatic rings. The maximum Gasteiger partial charge on any atom is 0.252 e. The minimum Gasteiger partial charge on any atom is -0.229 e. The number of nitrogens with one attached hydrogen (secondary N) is 1. The normalized spacial score (nSPS) is 17.7. The van der Waals surface area contributed by atoms with Gasteiger partial charge in [-0.25, -0.2) is 18.1 Å². The first-order chi connectivity index (χ1) is 6.99. The van der Waals surface area contributed by atoms with Gasteiger partial charge in [0, 0.05) is 6.04 Å². The van der Waals surface area contributed by atoms with Crippen LogP contribution >= 0.6 is 22.9 Å². The van der Waals surface area contributed by atoms with Gasteiger partial charge in [0.05, 0.1) is 5.69 Å². The molecule has 1 aromatic heterocycles. The molecule has 0 aliphatic heterocycles. The molecule has 0 unspecified atom stereocenters. The number of sulfonamides is 1. The van der Waals surface area contributed by atoms with Crippen LogP contribution in [0, 0.1) is 6.92 Å². The van der Waals surface area contributed by atoms with Crippen molar-refractivity contribution in [1.29, 1.82) is 0 Å². The Kier molecular flexibility index (Phi) is 3.03. The van der Waals surface area contributed by atoms with Crippen LogP contribution in [0.2, 0.25) is 4.47 Å². The van der Waals surface area contributed by atoms with Gasteiger partial charge in [-0.2, -0.15) is 0 Å². The lowest BCUT2D eigenvalue weighted by Gasteiger charge is -2.25. The summed E-state index contributed by atoms with van der Waals surface area (Å²) >= 11 is 6.67. The minimum atomic E-state index is -3.41. The highest BCUT2D eigenvalue weighted by Crippen LogP contribution is 2.28. The van der Waals surface area contributed by atoms with Gasteiger partial charge in [-0.1, -0.05) is 29.4 Å². The van der Waals surface area contributed by atoms with Crippen LogP contribution in [-0.2, 0) is 10.0 Å². The molecule has 0 aromatic carbocycles. The van der Waals surface area contributed by atoms with Crippen molar-refractivity contribution in [3.63, 3.8) is 0 Å². The summed E-state index contributed by atoms with van der Waals surface area (Å²) in [6.07, 6.45) is 2.94. The predicted molar refractivity (Wildman–Crippen MR) is 59.8 cm³/mol. The van der Waals surface area contributed by atoms with Crippen LogP contribution in [0.1, 0.15) is 25.0 Å². The summed E-state index contributed by atoms with van der Waals surface area (Å²) in [5.41, 5.74) is 0.469. The Morgan fingerprint density at radius 1 is 1.53 bits per heavy atom. The highest BCUT2D eigenvalue weighted by Gasteiger charge is 2.27. The number of nitrogens with zero attached hydrogens (tertiary/aromatic N) is 1. The van der Waals surface area contributed by atoms with Gasteiger partial charge in [-0.15, -0.1) is 0 Å². The number of aromatic nitrogens is 1. The molecule has 1 fully saturated rings. The first-order valence-corrected chi connectivity index (χ1v) is 7.32. The van der Waals surface area contributed by atoms with Crippen LogP contribution in [0.4, 0.5) is 0 Å². The third kappa shape index (κ3) is 2.33. The van der Waals surface area contributed by atoms with E-state index in [4.69, 9.17) is 11.6 Å². The van der Waals surface area contributed by atoms with E-state index in [0.717, 1.165) is 30.6 Å². The maximum atomic E-state index is 11.9. The number of thiazole rings is 1. The molecule has 0 spiro atoms. The molecule has 15 heavy (non-hydrogen) atoms. The van der Waals surface area contributed by atoms with Crippen molar-refractivity contribution in [3.05, 3.63) is 10.2 Å². The summed E-state index contributed by atoms with van der Waals surface area (Å²) in [4.78, 5) is 3.89. The largest absolute Gasteiger partial charge is 0.252 e. The second kappa shape index (κ2) is 4.01. The Morgan fingerprint density at radius 3 is 2.60 bits per heavy atom. The standard InChI is InChI=1S/C8H11ClN2O2S2/c1-5-7(14-8(9)10-5)15(12,13)11-6-3-2-4-6/h6,11H,2-4H2,1H3. The SMILES string of the molecule is Cc1nc(Cl)sc1S(=O)(=O)NC1CCC1. The first kappa shape index (κ1) is 11.3. The Hall–Kier alpha value is -0.170. The lowest BCUT2D eigenvalue weighted by molar-refractivity contribution is 0.384. The fourth-order valence-corrected chi connectivity index (χ4v) is 4.46. The van der Waals surface area contributed by atoms with Crippen molar-refractivity contribution in [2.75, 3.05) is 0 Å². The zero-order valence-electron chi connectivity index (χ0n) is 8.16. The van der Waals surface area contributed by atoms with Gasteiger partial charge < -0.3 is 0 Å². The average molecular weight is 267 g/mol. The Bertz CT molecular complexity index is 465. The smallest absolute Gasteiger partial charge is 0.229 e. The molecule has 4 nitrogen and oxygen atoms in total. The highest BCUT2D eigenvalue weighted by molar-refractivity contribution is 7.91. The summed E-state index contributed by atoms with van der Waals surface area (Å²) in [7, 11) is -3.41. The van der Waals surface area contributed by atoms with E-state index in [-0.39, 0.29) is 14.7 Å². The van der Waals surface area contributed by atoms with E-state index >= 15 is 0 Å². The van der Waals surface area contributed by atoms with E-state index in [1.54, 1.807) is 6.92 Å². The van der Waals surface area contributed by atoms with Crippen molar-refractivity contribution >= 4 is 33.0 Å². The van der Waals surface area contributed by atoms with Crippen LogP contribution in [0.25, 0.3) is 0 Å². The van der Waals surface area contributed by atoms with Gasteiger partial charge in [0.25, 0.3) is 10.0 Å². The topological polar surface area (TPSA) is 59.1 Å². The molecule has 0 radical (unpaired) electrons. The van der Waals surface area contributed by atoms with Crippen LogP contribution in [0.3, 0.4) is 0 Å². The van der Waals surface area contributed by atoms with E-state index in [0.29, 0.717) is 5.69 Å². The molecule has 1 heterocycles. The van der Waals surface area contributed by atoms with Crippen molar-refractivity contribution in [3.8, 4) is 0 Å². The zero-order valence-corrected chi connectivity index (χ0v) is 10.5. The summed E-state index contributed by atoms with van der Waals surface area (Å²) in [6.45, 7) is 1.65. The van der Waals surface area contributed by atoms with Gasteiger partial charge in [0.2, 0.25) is 0 Å². The average Bonchev–Trinajstić information content (AvgIpc) is 2.39. The monoisotopic (exact) mass is 266 g/mol. The number of hydrogen-bond donors (Lipinski definition) is 1. The van der Waals surface area contributed by atoms with Crippen LogP contribution in [0.5, 0.6) is 0 Å². The molecule has 0 atom stereocenters. The zero-order chi connectivity index (χ0) is 11.1. The molecule has 1 N–H and O–H groups in total. The van der Waals surface area contributed by atoms with E-state index < -0.39 is 10.0 Å². The minimum absolute atomic E-state index is 0.0928. The third-order valence-electron chi connectivity index (χ3n) is 2.40. The van der Waals surface area contributed by atoms with Crippen LogP contribution in [-0.4, -0.2) is 19.4 Å². The van der Waals surface area contributed by atoms with Gasteiger partial charge in [0.1, 0.15) is 0 Å². The van der Waals surface area contributed by atoms with E-state index in [2.05, 4.69) is 9.71 Å². The molecule has 2 rings (SSSR count). The molecule has 84 valence electrons. The van der Waals surface area contributed by atoms with Crippen LogP contribution < -0.4 is 4.72 Å². The number of hydrogen-bond acceptors (Lipinski definition) is 4. The molecule has 1 saturated carbocycles. The number of aryl methyl sites for hydroxylation is 1. The molecule has 0 amide bonds. The molecule has 0 bridgehead atoms. The summed E-state index contributed by atoms with van der Waals surface area (Å²) in [5.74, 6) is 0. The molecular formula is C8H11ClN2O2S2. The Labute approximate surface area is 97.7 Å². The van der Waals surface area contributed by atoms with Crippen molar-refractivity contribution in [2.24, 2.45) is 0 Å². The molecule has 7 heteroatoms. The lowest BCUT2D eigenvalue weighted by atomic mass is 9.94. The van der Waals surface area contributed by atoms with Gasteiger partial charge in [-0.3, -0.25) is 0 Å². The van der Waals surface area contributed by atoms with Gasteiger partial charge in [-0.05, 0) is 19.8 Å². The summed E-state index contributed by atoms with van der Waals surface area (Å²) in [5, 5.41) is 0. The Morgan fingerprint density at radius 2 is 2.20 bits per heavy atom. The van der Waals surface area contributed by atoms with Crippen molar-refractivity contribution in [1.82, 2.24) is 9.71 Å². The van der Waals surface area contributed by atoms with E-state index in [1.165, 1.54) is 0 Å². The summed E-state index contributed by atoms with van der Waals surface area (Å²) in [6, 6.07) is 0.0928. The fourth-order valence-electron chi connectivity index (χ4n) is 1.40. The predicted octanol–water partition coefficient (Wildman–Crippen LogP) is 1.94. The van der Waals surface area contributed by atoms with E-state index in [9.17, 15) is 8.42 Å². The second-order valence-corrected chi connectivity index (χ2v) is 7.08. The summed E-state index contributed by atoms with van der Waals surface area (Å²) < 4.78 is 26.9. The lowest BCUT2D eigenvalue weighted by Crippen LogP contribution is -2.39. The first-order valence-electron chi connectivity index (χ1n) is 4.64. The highest BCUT2D eigenvalue weighted by atomic mass is 35.5. The fraction of sp³-hybridized carbons (Fsp3) is 0.625. The molecule has 1 aromatic rings. The van der Waals surface area contributed by atoms with Crippen LogP contribution in [0.15, 0.2) is 4.21 Å². The van der Waals surface area contributed by atoms with Gasteiger partial charge >= 0.3 is 0 Å². The van der Waals surface area contributed by atoms with Gasteiger partial charge in [0.15, 0.2) is 8.68 Å². The second-order valence-electron chi connectivity index (χ2n) is 3.59. The molecule has 0 saturated heterocycles. The third-order valence-corrected chi connectivity index (χ3v) is 5.79. The number of halogens is 1. The number of rotatable bonds is 3. The van der Waals surface area contributed by atoms with E-state index in [1.807, 2.05) is 0 Å². The maximum absolute atomic E-state index is 11.9.